The predicted molar refractivity (Wildman–Crippen MR) is 138 cm³/mol. The van der Waals surface area contributed by atoms with Crippen molar-refractivity contribution in [3.63, 3.8) is 0 Å². The average molecular weight is 537 g/mol. The number of fused-ring (bicyclic) bond motifs is 3. The zero-order valence-corrected chi connectivity index (χ0v) is 20.9. The number of aliphatic carboxylic acids is 1. The van der Waals surface area contributed by atoms with E-state index < -0.39 is 32.6 Å². The summed E-state index contributed by atoms with van der Waals surface area (Å²) in [7, 11) is -3.72. The van der Waals surface area contributed by atoms with Gasteiger partial charge in [0.15, 0.2) is 16.4 Å². The minimum Gasteiger partial charge on any atom is -0.482 e. The summed E-state index contributed by atoms with van der Waals surface area (Å²) in [6, 6.07) is 20.0. The number of thiazole rings is 1. The van der Waals surface area contributed by atoms with Crippen LogP contribution in [0.25, 0.3) is 21.8 Å². The Kier molecular flexibility index (Phi) is 6.48. The van der Waals surface area contributed by atoms with E-state index in [1.54, 1.807) is 54.6 Å². The van der Waals surface area contributed by atoms with Crippen LogP contribution < -0.4 is 4.74 Å². The number of rotatable bonds is 8. The highest BCUT2D eigenvalue weighted by Gasteiger charge is 2.38. The maximum atomic E-state index is 13.7. The van der Waals surface area contributed by atoms with Gasteiger partial charge in [-0.15, -0.1) is 11.3 Å². The van der Waals surface area contributed by atoms with Crippen molar-refractivity contribution in [2.24, 2.45) is 0 Å². The molecule has 11 heteroatoms. The molecule has 0 saturated heterocycles. The lowest BCUT2D eigenvalue weighted by atomic mass is 9.92. The molecule has 0 spiro atoms. The number of nitro groups is 1. The first-order valence-electron chi connectivity index (χ1n) is 11.2. The largest absolute Gasteiger partial charge is 0.482 e. The quantitative estimate of drug-likeness (QED) is 0.244. The topological polar surface area (TPSA) is 137 Å². The van der Waals surface area contributed by atoms with Gasteiger partial charge >= 0.3 is 5.97 Å². The lowest BCUT2D eigenvalue weighted by Crippen LogP contribution is -2.22. The molecule has 4 aromatic rings. The Hall–Kier alpha value is -4.09. The zero-order chi connectivity index (χ0) is 26.2. The molecule has 0 saturated carbocycles. The van der Waals surface area contributed by atoms with Crippen LogP contribution in [0.15, 0.2) is 72.8 Å². The van der Waals surface area contributed by atoms with Gasteiger partial charge in [0, 0.05) is 28.8 Å². The van der Waals surface area contributed by atoms with Crippen LogP contribution >= 0.6 is 11.3 Å². The van der Waals surface area contributed by atoms with E-state index in [9.17, 15) is 23.3 Å². The van der Waals surface area contributed by atoms with Crippen molar-refractivity contribution < 1.29 is 28.0 Å². The summed E-state index contributed by atoms with van der Waals surface area (Å²) in [6.07, 6.45) is 0.106. The lowest BCUT2D eigenvalue weighted by Gasteiger charge is -2.25. The van der Waals surface area contributed by atoms with Gasteiger partial charge < -0.3 is 9.84 Å². The Labute approximate surface area is 216 Å². The van der Waals surface area contributed by atoms with E-state index in [0.717, 1.165) is 0 Å². The Morgan fingerprint density at radius 1 is 1.08 bits per heavy atom. The van der Waals surface area contributed by atoms with Crippen molar-refractivity contribution in [3.8, 4) is 27.6 Å². The summed E-state index contributed by atoms with van der Waals surface area (Å²) in [4.78, 5) is 27.0. The number of aromatic nitrogens is 1. The normalized spacial score (nSPS) is 14.4. The summed E-state index contributed by atoms with van der Waals surface area (Å²) in [6.45, 7) is -0.560. The molecule has 9 nitrogen and oxygen atoms in total. The average Bonchev–Trinajstić information content (AvgIpc) is 3.33. The fourth-order valence-corrected chi connectivity index (χ4v) is 7.71. The predicted octanol–water partition coefficient (Wildman–Crippen LogP) is 5.06. The highest BCUT2D eigenvalue weighted by atomic mass is 32.2. The van der Waals surface area contributed by atoms with E-state index in [0.29, 0.717) is 43.6 Å². The second kappa shape index (κ2) is 9.75. The Morgan fingerprint density at radius 3 is 2.49 bits per heavy atom. The molecule has 1 N–H and O–H groups in total. The Morgan fingerprint density at radius 2 is 1.81 bits per heavy atom. The van der Waals surface area contributed by atoms with Gasteiger partial charge in [-0.1, -0.05) is 42.5 Å². The number of carboxylic acid groups (broad SMARTS) is 1. The van der Waals surface area contributed by atoms with Crippen molar-refractivity contribution >= 4 is 32.8 Å². The first kappa shape index (κ1) is 24.6. The number of nitro benzene ring substituents is 1. The fourth-order valence-electron chi connectivity index (χ4n) is 4.34. The molecule has 1 heterocycles. The van der Waals surface area contributed by atoms with Gasteiger partial charge in [-0.3, -0.25) is 10.1 Å². The summed E-state index contributed by atoms with van der Waals surface area (Å²) < 4.78 is 33.0. The van der Waals surface area contributed by atoms with Crippen LogP contribution in [0, 0.1) is 10.1 Å². The molecule has 1 unspecified atom stereocenters. The maximum absolute atomic E-state index is 13.7. The molecule has 0 bridgehead atoms. The highest BCUT2D eigenvalue weighted by Crippen LogP contribution is 2.49. The summed E-state index contributed by atoms with van der Waals surface area (Å²) in [5.41, 5.74) is 2.97. The van der Waals surface area contributed by atoms with E-state index in [1.807, 2.05) is 6.07 Å². The van der Waals surface area contributed by atoms with Crippen LogP contribution in [0.3, 0.4) is 0 Å². The van der Waals surface area contributed by atoms with Crippen LogP contribution in [0.1, 0.15) is 21.3 Å². The zero-order valence-electron chi connectivity index (χ0n) is 19.2. The first-order valence-corrected chi connectivity index (χ1v) is 13.7. The van der Waals surface area contributed by atoms with Crippen LogP contribution in [0.4, 0.5) is 5.69 Å². The number of sulfone groups is 1. The van der Waals surface area contributed by atoms with Gasteiger partial charge in [-0.2, -0.15) is 0 Å². The number of carboxylic acids is 1. The molecule has 3 aromatic carbocycles. The molecule has 1 aliphatic rings. The molecule has 1 aliphatic carbocycles. The number of hydrogen-bond donors (Lipinski definition) is 1. The molecule has 0 amide bonds. The van der Waals surface area contributed by atoms with Crippen LogP contribution in [-0.2, 0) is 26.8 Å². The van der Waals surface area contributed by atoms with Gasteiger partial charge in [-0.25, -0.2) is 18.2 Å². The standard InChI is InChI=1S/C26H20N2O7S2/c29-23(30)14-35-21-8-4-7-19-20(21)13-22(37(33,34)15-16-5-2-1-3-6-16)25-24(19)27-26(36-25)17-9-11-18(12-10-17)28(31)32/h1-12,22H,13-15H2,(H,29,30). The van der Waals surface area contributed by atoms with Gasteiger partial charge in [0.2, 0.25) is 0 Å². The van der Waals surface area contributed by atoms with Gasteiger partial charge in [0.25, 0.3) is 5.69 Å². The van der Waals surface area contributed by atoms with Crippen molar-refractivity contribution in [2.75, 3.05) is 6.61 Å². The number of hydrogen-bond acceptors (Lipinski definition) is 8. The van der Waals surface area contributed by atoms with Crippen molar-refractivity contribution in [1.29, 1.82) is 0 Å². The van der Waals surface area contributed by atoms with E-state index >= 15 is 0 Å². The summed E-state index contributed by atoms with van der Waals surface area (Å²) in [5.74, 6) is -1.01. The molecular weight excluding hydrogens is 516 g/mol. The van der Waals surface area contributed by atoms with Crippen molar-refractivity contribution in [3.05, 3.63) is 98.9 Å². The summed E-state index contributed by atoms with van der Waals surface area (Å²) in [5, 5.41) is 19.8. The molecule has 188 valence electrons. The number of nitrogens with zero attached hydrogens (tertiary/aromatic N) is 2. The van der Waals surface area contributed by atoms with Crippen LogP contribution in [-0.4, -0.2) is 36.0 Å². The Balaban J connectivity index is 1.62. The number of carbonyl (C=O) groups is 1. The maximum Gasteiger partial charge on any atom is 0.341 e. The number of non-ortho nitro benzene ring substituents is 1. The molecule has 0 aliphatic heterocycles. The van der Waals surface area contributed by atoms with E-state index in [2.05, 4.69) is 0 Å². The van der Waals surface area contributed by atoms with Gasteiger partial charge in [-0.05, 0) is 30.2 Å². The number of benzene rings is 3. The highest BCUT2D eigenvalue weighted by molar-refractivity contribution is 7.91. The smallest absolute Gasteiger partial charge is 0.341 e. The third kappa shape index (κ3) is 4.95. The molecule has 1 aromatic heterocycles. The minimum absolute atomic E-state index is 0.0565. The monoisotopic (exact) mass is 536 g/mol. The molecule has 0 fully saturated rings. The Bertz CT molecular complexity index is 1600. The van der Waals surface area contributed by atoms with E-state index in [-0.39, 0.29) is 17.9 Å². The van der Waals surface area contributed by atoms with E-state index in [1.165, 1.54) is 23.5 Å². The molecule has 37 heavy (non-hydrogen) atoms. The van der Waals surface area contributed by atoms with Crippen LogP contribution in [0.5, 0.6) is 5.75 Å². The van der Waals surface area contributed by atoms with Gasteiger partial charge in [0.05, 0.1) is 21.2 Å². The lowest BCUT2D eigenvalue weighted by molar-refractivity contribution is -0.384. The SMILES string of the molecule is O=C(O)COc1cccc2c1CC(S(=O)(=O)Cc1ccccc1)c1sc(-c3ccc([N+](=O)[O-])cc3)nc1-2. The number of ether oxygens (including phenoxy) is 1. The minimum atomic E-state index is -3.72. The second-order valence-electron chi connectivity index (χ2n) is 8.49. The first-order chi connectivity index (χ1) is 17.7. The molecule has 5 rings (SSSR count). The summed E-state index contributed by atoms with van der Waals surface area (Å²) >= 11 is 1.24. The fraction of sp³-hybridized carbons (Fsp3) is 0.154. The second-order valence-corrected chi connectivity index (χ2v) is 11.7. The van der Waals surface area contributed by atoms with Crippen LogP contribution in [0.2, 0.25) is 0 Å². The van der Waals surface area contributed by atoms with Crippen molar-refractivity contribution in [2.45, 2.75) is 17.4 Å². The van der Waals surface area contributed by atoms with Gasteiger partial charge in [0.1, 0.15) is 16.0 Å². The molecular formula is C26H20N2O7S2. The molecule has 1 atom stereocenters. The third-order valence-corrected chi connectivity index (χ3v) is 9.42. The van der Waals surface area contributed by atoms with Crippen molar-refractivity contribution in [1.82, 2.24) is 4.98 Å². The molecule has 0 radical (unpaired) electrons. The van der Waals surface area contributed by atoms with E-state index in [4.69, 9.17) is 14.8 Å². The third-order valence-electron chi connectivity index (χ3n) is 6.04.